The van der Waals surface area contributed by atoms with E-state index in [0.717, 1.165) is 12.1 Å². The van der Waals surface area contributed by atoms with Gasteiger partial charge in [0.1, 0.15) is 12.4 Å². The number of ether oxygens (including phenoxy) is 1. The molecule has 1 atom stereocenters. The maximum Gasteiger partial charge on any atom is 0.337 e. The minimum Gasteiger partial charge on any atom is -0.487 e. The van der Waals surface area contributed by atoms with Gasteiger partial charge < -0.3 is 9.84 Å². The molecular formula is C15H17ClN2O3. The first kappa shape index (κ1) is 15.4. The molecule has 0 bridgehead atoms. The van der Waals surface area contributed by atoms with Crippen molar-refractivity contribution in [1.29, 1.82) is 0 Å². The molecule has 6 heteroatoms. The van der Waals surface area contributed by atoms with Crippen LogP contribution in [0.1, 0.15) is 42.4 Å². The van der Waals surface area contributed by atoms with Crippen LogP contribution in [0.5, 0.6) is 5.75 Å². The van der Waals surface area contributed by atoms with Gasteiger partial charge in [-0.05, 0) is 37.6 Å². The minimum absolute atomic E-state index is 0.0271. The lowest BCUT2D eigenvalue weighted by atomic mass is 10.2. The number of carboxylic acids is 1. The molecule has 0 spiro atoms. The van der Waals surface area contributed by atoms with E-state index in [4.69, 9.17) is 21.4 Å². The normalized spacial score (nSPS) is 12.1. The third kappa shape index (κ3) is 3.76. The molecule has 0 amide bonds. The van der Waals surface area contributed by atoms with Gasteiger partial charge in [-0.3, -0.25) is 4.68 Å². The van der Waals surface area contributed by atoms with Gasteiger partial charge in [-0.1, -0.05) is 18.5 Å². The second-order valence-electron chi connectivity index (χ2n) is 4.78. The zero-order valence-electron chi connectivity index (χ0n) is 11.9. The van der Waals surface area contributed by atoms with Crippen molar-refractivity contribution in [2.45, 2.75) is 32.9 Å². The van der Waals surface area contributed by atoms with E-state index in [0.29, 0.717) is 11.8 Å². The van der Waals surface area contributed by atoms with Gasteiger partial charge in [0.05, 0.1) is 16.3 Å². The number of aromatic carboxylic acids is 1. The Bertz CT molecular complexity index is 640. The van der Waals surface area contributed by atoms with Gasteiger partial charge in [0.15, 0.2) is 0 Å². The van der Waals surface area contributed by atoms with Crippen molar-refractivity contribution in [1.82, 2.24) is 9.78 Å². The Hall–Kier alpha value is -2.01. The summed E-state index contributed by atoms with van der Waals surface area (Å²) in [5.41, 5.74) is 0.821. The molecule has 0 aliphatic rings. The number of hydrogen-bond acceptors (Lipinski definition) is 3. The summed E-state index contributed by atoms with van der Waals surface area (Å²) in [6.45, 7) is 4.48. The lowest BCUT2D eigenvalue weighted by Crippen LogP contribution is -2.06. The summed E-state index contributed by atoms with van der Waals surface area (Å²) in [4.78, 5) is 11.0. The van der Waals surface area contributed by atoms with E-state index in [1.54, 1.807) is 6.07 Å². The quantitative estimate of drug-likeness (QED) is 0.882. The van der Waals surface area contributed by atoms with E-state index < -0.39 is 5.97 Å². The molecule has 1 heterocycles. The highest BCUT2D eigenvalue weighted by Crippen LogP contribution is 2.22. The number of carboxylic acid groups (broad SMARTS) is 1. The standard InChI is InChI=1S/C15H17ClN2O3/c1-3-10(2)18-7-6-11(17-18)9-21-12-4-5-14(16)13(8-12)15(19)20/h4-8,10H,3,9H2,1-2H3,(H,19,20). The first-order chi connectivity index (χ1) is 10.0. The molecule has 2 rings (SSSR count). The molecule has 112 valence electrons. The molecule has 1 N–H and O–H groups in total. The van der Waals surface area contributed by atoms with Gasteiger partial charge in [-0.2, -0.15) is 5.10 Å². The molecule has 2 aromatic rings. The van der Waals surface area contributed by atoms with Gasteiger partial charge in [-0.25, -0.2) is 4.79 Å². The molecule has 1 aromatic heterocycles. The number of halogens is 1. The zero-order chi connectivity index (χ0) is 15.4. The largest absolute Gasteiger partial charge is 0.487 e. The molecule has 0 saturated carbocycles. The van der Waals surface area contributed by atoms with Crippen LogP contribution < -0.4 is 4.74 Å². The maximum atomic E-state index is 11.0. The van der Waals surface area contributed by atoms with Crippen LogP contribution in [0.4, 0.5) is 0 Å². The van der Waals surface area contributed by atoms with Crippen molar-refractivity contribution in [3.05, 3.63) is 46.7 Å². The molecule has 0 aliphatic heterocycles. The van der Waals surface area contributed by atoms with Crippen LogP contribution in [0, 0.1) is 0 Å². The number of nitrogens with zero attached hydrogens (tertiary/aromatic N) is 2. The Morgan fingerprint density at radius 1 is 1.48 bits per heavy atom. The van der Waals surface area contributed by atoms with Crippen LogP contribution in [-0.2, 0) is 6.61 Å². The summed E-state index contributed by atoms with van der Waals surface area (Å²) in [7, 11) is 0. The van der Waals surface area contributed by atoms with Crippen LogP contribution in [0.25, 0.3) is 0 Å². The van der Waals surface area contributed by atoms with Crippen molar-refractivity contribution in [2.24, 2.45) is 0 Å². The topological polar surface area (TPSA) is 64.3 Å². The van der Waals surface area contributed by atoms with E-state index in [1.807, 2.05) is 16.9 Å². The van der Waals surface area contributed by atoms with E-state index >= 15 is 0 Å². The smallest absolute Gasteiger partial charge is 0.337 e. The number of aromatic nitrogens is 2. The summed E-state index contributed by atoms with van der Waals surface area (Å²) in [5, 5.41) is 13.6. The van der Waals surface area contributed by atoms with Crippen molar-refractivity contribution in [3.63, 3.8) is 0 Å². The van der Waals surface area contributed by atoms with Crippen LogP contribution in [0.15, 0.2) is 30.5 Å². The molecule has 0 fully saturated rings. The predicted molar refractivity (Wildman–Crippen MR) is 80.0 cm³/mol. The Morgan fingerprint density at radius 3 is 2.90 bits per heavy atom. The molecule has 5 nitrogen and oxygen atoms in total. The molecule has 1 unspecified atom stereocenters. The van der Waals surface area contributed by atoms with E-state index in [-0.39, 0.29) is 17.2 Å². The van der Waals surface area contributed by atoms with Crippen LogP contribution >= 0.6 is 11.6 Å². The number of hydrogen-bond donors (Lipinski definition) is 1. The monoisotopic (exact) mass is 308 g/mol. The van der Waals surface area contributed by atoms with E-state index in [1.165, 1.54) is 12.1 Å². The maximum absolute atomic E-state index is 11.0. The van der Waals surface area contributed by atoms with Crippen molar-refractivity contribution in [3.8, 4) is 5.75 Å². The highest BCUT2D eigenvalue weighted by atomic mass is 35.5. The van der Waals surface area contributed by atoms with Crippen molar-refractivity contribution < 1.29 is 14.6 Å². The highest BCUT2D eigenvalue weighted by molar-refractivity contribution is 6.33. The lowest BCUT2D eigenvalue weighted by molar-refractivity contribution is 0.0696. The Balaban J connectivity index is 2.04. The molecule has 21 heavy (non-hydrogen) atoms. The fourth-order valence-corrected chi connectivity index (χ4v) is 2.00. The summed E-state index contributed by atoms with van der Waals surface area (Å²) in [6, 6.07) is 6.79. The number of benzene rings is 1. The molecule has 0 radical (unpaired) electrons. The number of carbonyl (C=O) groups is 1. The Kier molecular flexibility index (Phi) is 4.85. The average Bonchev–Trinajstić information content (AvgIpc) is 2.94. The van der Waals surface area contributed by atoms with E-state index in [2.05, 4.69) is 18.9 Å². The van der Waals surface area contributed by atoms with Crippen molar-refractivity contribution in [2.75, 3.05) is 0 Å². The second-order valence-corrected chi connectivity index (χ2v) is 5.19. The molecular weight excluding hydrogens is 292 g/mol. The highest BCUT2D eigenvalue weighted by Gasteiger charge is 2.10. The third-order valence-electron chi connectivity index (χ3n) is 3.26. The molecule has 0 aliphatic carbocycles. The van der Waals surface area contributed by atoms with Crippen molar-refractivity contribution >= 4 is 17.6 Å². The Morgan fingerprint density at radius 2 is 2.24 bits per heavy atom. The van der Waals surface area contributed by atoms with Crippen LogP contribution in [0.2, 0.25) is 5.02 Å². The summed E-state index contributed by atoms with van der Waals surface area (Å²) < 4.78 is 7.46. The fraction of sp³-hybridized carbons (Fsp3) is 0.333. The predicted octanol–water partition coefficient (Wildman–Crippen LogP) is 3.78. The Labute approximate surface area is 128 Å². The van der Waals surface area contributed by atoms with Gasteiger partial charge in [0, 0.05) is 12.2 Å². The summed E-state index contributed by atoms with van der Waals surface area (Å²) in [6.07, 6.45) is 2.92. The zero-order valence-corrected chi connectivity index (χ0v) is 12.7. The van der Waals surface area contributed by atoms with E-state index in [9.17, 15) is 4.79 Å². The second kappa shape index (κ2) is 6.63. The van der Waals surface area contributed by atoms with Gasteiger partial charge in [0.25, 0.3) is 0 Å². The molecule has 0 saturated heterocycles. The first-order valence-corrected chi connectivity index (χ1v) is 7.08. The molecule has 1 aromatic carbocycles. The summed E-state index contributed by atoms with van der Waals surface area (Å²) >= 11 is 5.81. The fourth-order valence-electron chi connectivity index (χ4n) is 1.80. The number of rotatable bonds is 6. The average molecular weight is 309 g/mol. The lowest BCUT2D eigenvalue weighted by Gasteiger charge is -2.09. The van der Waals surface area contributed by atoms with Gasteiger partial charge in [-0.15, -0.1) is 0 Å². The van der Waals surface area contributed by atoms with Crippen LogP contribution in [-0.4, -0.2) is 20.9 Å². The summed E-state index contributed by atoms with van der Waals surface area (Å²) in [5.74, 6) is -0.624. The minimum atomic E-state index is -1.08. The van der Waals surface area contributed by atoms with Gasteiger partial charge >= 0.3 is 5.97 Å². The third-order valence-corrected chi connectivity index (χ3v) is 3.59. The van der Waals surface area contributed by atoms with Crippen LogP contribution in [0.3, 0.4) is 0 Å². The SMILES string of the molecule is CCC(C)n1ccc(COc2ccc(Cl)c(C(=O)O)c2)n1. The first-order valence-electron chi connectivity index (χ1n) is 6.71. The van der Waals surface area contributed by atoms with Gasteiger partial charge in [0.2, 0.25) is 0 Å².